The van der Waals surface area contributed by atoms with Crippen LogP contribution in [0.4, 0.5) is 0 Å². The highest BCUT2D eigenvalue weighted by molar-refractivity contribution is 5.43. The Bertz CT molecular complexity index is 736. The quantitative estimate of drug-likeness (QED) is 0.501. The second kappa shape index (κ2) is 11.8. The Balaban J connectivity index is 1.62. The number of hydrogen-bond donors (Lipinski definition) is 1. The maximum absolute atomic E-state index is 10.5. The number of likely N-dealkylation sites (tertiary alicyclic amines) is 1. The summed E-state index contributed by atoms with van der Waals surface area (Å²) in [6.45, 7) is 14.9. The van der Waals surface area contributed by atoms with Crippen LogP contribution in [0.1, 0.15) is 31.2 Å². The summed E-state index contributed by atoms with van der Waals surface area (Å²) in [5, 5.41) is 10.5. The minimum atomic E-state index is -0.529. The van der Waals surface area contributed by atoms with Crippen LogP contribution in [0.2, 0.25) is 0 Å². The van der Waals surface area contributed by atoms with Crippen molar-refractivity contribution in [2.24, 2.45) is 0 Å². The van der Waals surface area contributed by atoms with Gasteiger partial charge in [-0.3, -0.25) is 9.80 Å². The minimum Gasteiger partial charge on any atom is -0.493 e. The van der Waals surface area contributed by atoms with E-state index in [2.05, 4.69) is 47.0 Å². The average Bonchev–Trinajstić information content (AvgIpc) is 3.16. The molecule has 0 amide bonds. The molecular weight excluding hydrogens is 402 g/mol. The van der Waals surface area contributed by atoms with Gasteiger partial charge < -0.3 is 19.5 Å². The molecule has 1 aromatic rings. The van der Waals surface area contributed by atoms with Gasteiger partial charge in [0.15, 0.2) is 11.5 Å². The molecule has 32 heavy (non-hydrogen) atoms. The maximum Gasteiger partial charge on any atom is 0.161 e. The number of rotatable bonds is 12. The van der Waals surface area contributed by atoms with Crippen LogP contribution in [0.25, 0.3) is 0 Å². The first-order valence-corrected chi connectivity index (χ1v) is 11.8. The number of aliphatic hydroxyl groups is 1. The van der Waals surface area contributed by atoms with Crippen LogP contribution < -0.4 is 9.47 Å². The van der Waals surface area contributed by atoms with Gasteiger partial charge in [-0.1, -0.05) is 18.2 Å². The van der Waals surface area contributed by atoms with Crippen LogP contribution in [0, 0.1) is 0 Å². The first-order chi connectivity index (χ1) is 15.5. The molecule has 2 aliphatic heterocycles. The van der Waals surface area contributed by atoms with E-state index in [9.17, 15) is 5.11 Å². The first kappa shape index (κ1) is 24.8. The van der Waals surface area contributed by atoms with Crippen molar-refractivity contribution in [2.75, 3.05) is 60.0 Å². The molecule has 1 atom stereocenters. The third-order valence-electron chi connectivity index (χ3n) is 6.89. The lowest BCUT2D eigenvalue weighted by Crippen LogP contribution is -2.47. The number of aliphatic hydroxyl groups excluding tert-OH is 1. The van der Waals surface area contributed by atoms with E-state index in [4.69, 9.17) is 9.47 Å². The number of hydrogen-bond acceptors (Lipinski definition) is 6. The normalized spacial score (nSPS) is 20.7. The fourth-order valence-electron chi connectivity index (χ4n) is 5.04. The van der Waals surface area contributed by atoms with Crippen molar-refractivity contribution in [3.8, 4) is 11.5 Å². The summed E-state index contributed by atoms with van der Waals surface area (Å²) in [5.41, 5.74) is 1.30. The Morgan fingerprint density at radius 2 is 1.81 bits per heavy atom. The van der Waals surface area contributed by atoms with Crippen LogP contribution in [-0.2, 0) is 6.54 Å². The van der Waals surface area contributed by atoms with Gasteiger partial charge in [-0.15, -0.1) is 13.2 Å². The third kappa shape index (κ3) is 6.35. The predicted molar refractivity (Wildman–Crippen MR) is 130 cm³/mol. The minimum absolute atomic E-state index is 0.114. The van der Waals surface area contributed by atoms with Crippen molar-refractivity contribution in [2.45, 2.75) is 43.9 Å². The molecule has 2 aliphatic rings. The van der Waals surface area contributed by atoms with Crippen molar-refractivity contribution in [3.05, 3.63) is 49.1 Å². The van der Waals surface area contributed by atoms with E-state index in [0.29, 0.717) is 18.0 Å². The Morgan fingerprint density at radius 3 is 2.47 bits per heavy atom. The van der Waals surface area contributed by atoms with Crippen molar-refractivity contribution >= 4 is 0 Å². The molecule has 0 spiro atoms. The second-order valence-electron chi connectivity index (χ2n) is 9.29. The summed E-state index contributed by atoms with van der Waals surface area (Å²) in [6.07, 6.45) is 7.84. The average molecular weight is 444 g/mol. The van der Waals surface area contributed by atoms with Crippen LogP contribution in [0.3, 0.4) is 0 Å². The number of piperazine rings is 1. The number of likely N-dealkylation sites (N-methyl/N-ethyl adjacent to an activating group) is 1. The zero-order valence-corrected chi connectivity index (χ0v) is 20.0. The zero-order chi connectivity index (χ0) is 23.0. The molecule has 1 aromatic carbocycles. The van der Waals surface area contributed by atoms with Gasteiger partial charge in [0.05, 0.1) is 7.11 Å². The molecule has 2 fully saturated rings. The van der Waals surface area contributed by atoms with E-state index in [0.717, 1.165) is 52.1 Å². The lowest BCUT2D eigenvalue weighted by molar-refractivity contribution is 0.0497. The molecule has 178 valence electrons. The highest BCUT2D eigenvalue weighted by Gasteiger charge is 2.38. The Hall–Kier alpha value is -1.86. The number of ether oxygens (including phenoxy) is 2. The molecule has 0 radical (unpaired) electrons. The Morgan fingerprint density at radius 1 is 1.09 bits per heavy atom. The van der Waals surface area contributed by atoms with E-state index in [1.165, 1.54) is 18.4 Å². The molecule has 2 heterocycles. The van der Waals surface area contributed by atoms with E-state index in [-0.39, 0.29) is 12.1 Å². The van der Waals surface area contributed by atoms with E-state index in [1.807, 2.05) is 18.2 Å². The molecule has 1 N–H and O–H groups in total. The molecule has 6 nitrogen and oxygen atoms in total. The molecule has 0 bridgehead atoms. The Kier molecular flexibility index (Phi) is 9.17. The van der Waals surface area contributed by atoms with Gasteiger partial charge in [-0.05, 0) is 57.0 Å². The fraction of sp³-hybridized carbons (Fsp3) is 0.615. The third-order valence-corrected chi connectivity index (χ3v) is 6.89. The predicted octanol–water partition coefficient (Wildman–Crippen LogP) is 3.17. The SMILES string of the molecule is C=CCC1(CC=C)CCCN1Cc1ccc(OC)c(OC[C@@H](O)CN2CCN(C)CC2)c1. The van der Waals surface area contributed by atoms with Crippen molar-refractivity contribution in [1.82, 2.24) is 14.7 Å². The van der Waals surface area contributed by atoms with Crippen LogP contribution >= 0.6 is 0 Å². The van der Waals surface area contributed by atoms with Gasteiger partial charge in [0.1, 0.15) is 12.7 Å². The first-order valence-electron chi connectivity index (χ1n) is 11.8. The molecule has 0 saturated carbocycles. The lowest BCUT2D eigenvalue weighted by atomic mass is 9.88. The van der Waals surface area contributed by atoms with Crippen molar-refractivity contribution in [3.63, 3.8) is 0 Å². The lowest BCUT2D eigenvalue weighted by Gasteiger charge is -2.37. The number of nitrogens with zero attached hydrogens (tertiary/aromatic N) is 3. The molecule has 2 saturated heterocycles. The summed E-state index contributed by atoms with van der Waals surface area (Å²) < 4.78 is 11.6. The fourth-order valence-corrected chi connectivity index (χ4v) is 5.04. The number of β-amino-alcohol motifs (C(OH)–C–C–N with tert-alkyl or cyclic N) is 1. The highest BCUT2D eigenvalue weighted by atomic mass is 16.5. The topological polar surface area (TPSA) is 48.4 Å². The van der Waals surface area contributed by atoms with E-state index in [1.54, 1.807) is 7.11 Å². The van der Waals surface area contributed by atoms with Gasteiger partial charge in [-0.2, -0.15) is 0 Å². The Labute approximate surface area is 194 Å². The molecule has 0 unspecified atom stereocenters. The molecule has 0 aliphatic carbocycles. The van der Waals surface area contributed by atoms with E-state index >= 15 is 0 Å². The second-order valence-corrected chi connectivity index (χ2v) is 9.29. The van der Waals surface area contributed by atoms with Crippen LogP contribution in [-0.4, -0.2) is 91.5 Å². The monoisotopic (exact) mass is 443 g/mol. The summed E-state index contributed by atoms with van der Waals surface area (Å²) >= 11 is 0. The van der Waals surface area contributed by atoms with Gasteiger partial charge in [0.2, 0.25) is 0 Å². The van der Waals surface area contributed by atoms with Gasteiger partial charge in [-0.25, -0.2) is 0 Å². The summed E-state index contributed by atoms with van der Waals surface area (Å²) in [6, 6.07) is 6.14. The van der Waals surface area contributed by atoms with Crippen molar-refractivity contribution in [1.29, 1.82) is 0 Å². The standard InChI is InChI=1S/C26H41N3O3/c1-5-10-26(11-6-2)12-7-13-29(26)19-22-8-9-24(31-4)25(18-22)32-21-23(30)20-28-16-14-27(3)15-17-28/h5-6,8-9,18,23,30H,1-2,7,10-17,19-21H2,3-4H3/t23-/m0/s1. The zero-order valence-electron chi connectivity index (χ0n) is 20.0. The highest BCUT2D eigenvalue weighted by Crippen LogP contribution is 2.38. The molecule has 0 aromatic heterocycles. The molecule has 3 rings (SSSR count). The summed E-state index contributed by atoms with van der Waals surface area (Å²) in [4.78, 5) is 7.17. The smallest absolute Gasteiger partial charge is 0.161 e. The molecule has 6 heteroatoms. The van der Waals surface area contributed by atoms with E-state index < -0.39 is 6.10 Å². The summed E-state index contributed by atoms with van der Waals surface area (Å²) in [5.74, 6) is 1.39. The van der Waals surface area contributed by atoms with Gasteiger partial charge >= 0.3 is 0 Å². The number of benzene rings is 1. The van der Waals surface area contributed by atoms with Crippen LogP contribution in [0.15, 0.2) is 43.5 Å². The van der Waals surface area contributed by atoms with Crippen LogP contribution in [0.5, 0.6) is 11.5 Å². The van der Waals surface area contributed by atoms with Crippen molar-refractivity contribution < 1.29 is 14.6 Å². The maximum atomic E-state index is 10.5. The largest absolute Gasteiger partial charge is 0.493 e. The summed E-state index contributed by atoms with van der Waals surface area (Å²) in [7, 11) is 3.79. The van der Waals surface area contributed by atoms with Gasteiger partial charge in [0.25, 0.3) is 0 Å². The number of methoxy groups -OCH3 is 1. The van der Waals surface area contributed by atoms with Gasteiger partial charge in [0, 0.05) is 44.8 Å². The molecular formula is C26H41N3O3.